The topological polar surface area (TPSA) is 42.2 Å². The van der Waals surface area contributed by atoms with Crippen molar-refractivity contribution in [3.63, 3.8) is 0 Å². The van der Waals surface area contributed by atoms with Crippen molar-refractivity contribution in [1.82, 2.24) is 4.57 Å². The monoisotopic (exact) mass is 299 g/mol. The smallest absolute Gasteiger partial charge is 0.189 e. The van der Waals surface area contributed by atoms with Crippen LogP contribution in [-0.2, 0) is 13.0 Å². The quantitative estimate of drug-likeness (QED) is 0.859. The molecule has 1 aliphatic rings. The molecule has 0 bridgehead atoms. The molecule has 2 unspecified atom stereocenters. The number of aromatic nitrogens is 1. The minimum Gasteiger partial charge on any atom is -0.393 e. The van der Waals surface area contributed by atoms with E-state index < -0.39 is 0 Å². The van der Waals surface area contributed by atoms with E-state index in [9.17, 15) is 9.90 Å². The van der Waals surface area contributed by atoms with Crippen molar-refractivity contribution in [3.8, 4) is 0 Å². The molecule has 0 fully saturated rings. The molecule has 0 saturated carbocycles. The third-order valence-electron chi connectivity index (χ3n) is 4.94. The van der Waals surface area contributed by atoms with Gasteiger partial charge in [0, 0.05) is 29.6 Å². The van der Waals surface area contributed by atoms with Gasteiger partial charge in [-0.3, -0.25) is 4.79 Å². The maximum absolute atomic E-state index is 12.2. The van der Waals surface area contributed by atoms with Gasteiger partial charge in [-0.1, -0.05) is 38.3 Å². The maximum Gasteiger partial charge on any atom is 0.189 e. The zero-order valence-electron chi connectivity index (χ0n) is 13.3. The van der Waals surface area contributed by atoms with Crippen molar-refractivity contribution < 1.29 is 5.11 Å². The number of rotatable bonds is 5. The van der Waals surface area contributed by atoms with Crippen LogP contribution in [0.4, 0.5) is 0 Å². The summed E-state index contributed by atoms with van der Waals surface area (Å²) in [4.78, 5) is 12.2. The van der Waals surface area contributed by atoms with E-state index in [4.69, 9.17) is 0 Å². The van der Waals surface area contributed by atoms with Crippen molar-refractivity contribution in [2.45, 2.75) is 58.1 Å². The molecule has 3 heteroatoms. The molecule has 1 N–H and O–H groups in total. The second kappa shape index (κ2) is 6.66. The molecular formula is C19H25NO2. The number of pyridine rings is 1. The Labute approximate surface area is 131 Å². The normalized spacial score (nSPS) is 19.1. The van der Waals surface area contributed by atoms with E-state index in [-0.39, 0.29) is 11.5 Å². The Kier molecular flexibility index (Phi) is 4.63. The summed E-state index contributed by atoms with van der Waals surface area (Å²) in [5.41, 5.74) is 2.24. The van der Waals surface area contributed by atoms with Gasteiger partial charge in [0.2, 0.25) is 0 Å². The Balaban J connectivity index is 1.86. The van der Waals surface area contributed by atoms with Crippen molar-refractivity contribution in [2.24, 2.45) is 5.92 Å². The fraction of sp³-hybridized carbons (Fsp3) is 0.526. The average molecular weight is 299 g/mol. The molecule has 0 radical (unpaired) electrons. The predicted molar refractivity (Wildman–Crippen MR) is 90.2 cm³/mol. The second-order valence-corrected chi connectivity index (χ2v) is 6.49. The summed E-state index contributed by atoms with van der Waals surface area (Å²) < 4.78 is 2.24. The molecule has 2 heterocycles. The van der Waals surface area contributed by atoms with Gasteiger partial charge in [-0.2, -0.15) is 0 Å². The molecule has 22 heavy (non-hydrogen) atoms. The molecule has 0 spiro atoms. The Morgan fingerprint density at radius 1 is 1.32 bits per heavy atom. The zero-order chi connectivity index (χ0) is 15.5. The number of unbranched alkanes of at least 4 members (excludes halogenated alkanes) is 2. The van der Waals surface area contributed by atoms with Crippen LogP contribution in [0.2, 0.25) is 0 Å². The molecular weight excluding hydrogens is 274 g/mol. The molecule has 1 aromatic carbocycles. The molecule has 0 amide bonds. The van der Waals surface area contributed by atoms with Crippen LogP contribution < -0.4 is 5.43 Å². The van der Waals surface area contributed by atoms with E-state index in [1.165, 1.54) is 12.8 Å². The number of nitrogens with zero attached hydrogens (tertiary/aromatic N) is 1. The lowest BCUT2D eigenvalue weighted by molar-refractivity contribution is 0.0758. The van der Waals surface area contributed by atoms with Gasteiger partial charge in [-0.05, 0) is 31.4 Å². The Bertz CT molecular complexity index is 704. The van der Waals surface area contributed by atoms with Crippen LogP contribution in [0, 0.1) is 5.92 Å². The highest BCUT2D eigenvalue weighted by molar-refractivity contribution is 5.79. The fourth-order valence-corrected chi connectivity index (χ4v) is 3.61. The first-order valence-electron chi connectivity index (χ1n) is 8.50. The van der Waals surface area contributed by atoms with Crippen molar-refractivity contribution in [3.05, 3.63) is 46.2 Å². The summed E-state index contributed by atoms with van der Waals surface area (Å²) in [7, 11) is 0. The van der Waals surface area contributed by atoms with E-state index in [2.05, 4.69) is 11.5 Å². The van der Waals surface area contributed by atoms with Crippen LogP contribution in [0.25, 0.3) is 10.9 Å². The lowest BCUT2D eigenvalue weighted by atomic mass is 9.89. The van der Waals surface area contributed by atoms with E-state index >= 15 is 0 Å². The van der Waals surface area contributed by atoms with E-state index in [1.54, 1.807) is 6.07 Å². The molecule has 1 aliphatic heterocycles. The highest BCUT2D eigenvalue weighted by Crippen LogP contribution is 2.27. The minimum absolute atomic E-state index is 0.115. The molecule has 3 rings (SSSR count). The minimum atomic E-state index is -0.224. The number of hydrogen-bond acceptors (Lipinski definition) is 2. The van der Waals surface area contributed by atoms with Gasteiger partial charge < -0.3 is 9.67 Å². The number of benzene rings is 1. The average Bonchev–Trinajstić information content (AvgIpc) is 2.55. The molecule has 3 nitrogen and oxygen atoms in total. The molecule has 1 aromatic heterocycles. The standard InChI is InChI=1S/C19H25NO2/c1-2-3-4-9-18(21)14-10-11-15-12-19(22)16-7-5-6-8-17(16)20(15)13-14/h5-8,12,14,18,21H,2-4,9-11,13H2,1H3. The SMILES string of the molecule is CCCCCC(O)C1CCc2cc(=O)c3ccccc3n2C1. The van der Waals surface area contributed by atoms with Crippen LogP contribution >= 0.6 is 0 Å². The van der Waals surface area contributed by atoms with Crippen LogP contribution in [-0.4, -0.2) is 15.8 Å². The molecule has 2 aromatic rings. The Hall–Kier alpha value is -1.61. The molecule has 2 atom stereocenters. The van der Waals surface area contributed by atoms with Crippen LogP contribution in [0.5, 0.6) is 0 Å². The first-order valence-corrected chi connectivity index (χ1v) is 8.50. The maximum atomic E-state index is 12.2. The zero-order valence-corrected chi connectivity index (χ0v) is 13.3. The summed E-state index contributed by atoms with van der Waals surface area (Å²) in [6, 6.07) is 9.59. The molecule has 0 saturated heterocycles. The Morgan fingerprint density at radius 2 is 2.14 bits per heavy atom. The number of aryl methyl sites for hydroxylation is 1. The van der Waals surface area contributed by atoms with Gasteiger partial charge in [0.25, 0.3) is 0 Å². The summed E-state index contributed by atoms with van der Waals surface area (Å²) in [6.45, 7) is 3.01. The van der Waals surface area contributed by atoms with Crippen LogP contribution in [0.3, 0.4) is 0 Å². The van der Waals surface area contributed by atoms with E-state index in [1.807, 2.05) is 24.3 Å². The first-order chi connectivity index (χ1) is 10.7. The van der Waals surface area contributed by atoms with Crippen molar-refractivity contribution in [1.29, 1.82) is 0 Å². The first kappa shape index (κ1) is 15.3. The lowest BCUT2D eigenvalue weighted by Gasteiger charge is -2.31. The summed E-state index contributed by atoms with van der Waals surface area (Å²) in [5.74, 6) is 0.301. The highest BCUT2D eigenvalue weighted by Gasteiger charge is 2.25. The van der Waals surface area contributed by atoms with Gasteiger partial charge >= 0.3 is 0 Å². The van der Waals surface area contributed by atoms with Gasteiger partial charge in [-0.15, -0.1) is 0 Å². The Morgan fingerprint density at radius 3 is 2.95 bits per heavy atom. The predicted octanol–water partition coefficient (Wildman–Crippen LogP) is 3.51. The van der Waals surface area contributed by atoms with Crippen molar-refractivity contribution >= 4 is 10.9 Å². The van der Waals surface area contributed by atoms with Crippen molar-refractivity contribution in [2.75, 3.05) is 0 Å². The van der Waals surface area contributed by atoms with Gasteiger partial charge in [0.05, 0.1) is 11.6 Å². The fourth-order valence-electron chi connectivity index (χ4n) is 3.61. The highest BCUT2D eigenvalue weighted by atomic mass is 16.3. The summed E-state index contributed by atoms with van der Waals surface area (Å²) >= 11 is 0. The molecule has 118 valence electrons. The molecule has 0 aliphatic carbocycles. The van der Waals surface area contributed by atoms with Gasteiger partial charge in [0.1, 0.15) is 0 Å². The van der Waals surface area contributed by atoms with Gasteiger partial charge in [0.15, 0.2) is 5.43 Å². The van der Waals surface area contributed by atoms with Crippen LogP contribution in [0.15, 0.2) is 35.1 Å². The second-order valence-electron chi connectivity index (χ2n) is 6.49. The third-order valence-corrected chi connectivity index (χ3v) is 4.94. The third kappa shape index (κ3) is 2.95. The number of para-hydroxylation sites is 1. The lowest BCUT2D eigenvalue weighted by Crippen LogP contribution is -2.32. The van der Waals surface area contributed by atoms with E-state index in [0.717, 1.165) is 48.8 Å². The van der Waals surface area contributed by atoms with Crippen LogP contribution in [0.1, 0.15) is 44.7 Å². The number of aliphatic hydroxyl groups excluding tert-OH is 1. The van der Waals surface area contributed by atoms with E-state index in [0.29, 0.717) is 5.92 Å². The largest absolute Gasteiger partial charge is 0.393 e. The number of fused-ring (bicyclic) bond motifs is 3. The summed E-state index contributed by atoms with van der Waals surface area (Å²) in [5, 5.41) is 11.3. The number of aliphatic hydroxyl groups is 1. The summed E-state index contributed by atoms with van der Waals surface area (Å²) in [6.07, 6.45) is 6.01. The van der Waals surface area contributed by atoms with Gasteiger partial charge in [-0.25, -0.2) is 0 Å². The number of hydrogen-bond donors (Lipinski definition) is 1.